The molecular weight excluding hydrogens is 424 g/mol. The van der Waals surface area contributed by atoms with Crippen molar-refractivity contribution in [2.45, 2.75) is 19.3 Å². The number of rotatable bonds is 2. The fraction of sp³-hybridized carbons (Fsp3) is 0.400. The fourth-order valence-electron chi connectivity index (χ4n) is 0.981. The number of halogens is 3. The van der Waals surface area contributed by atoms with Crippen LogP contribution in [0.2, 0.25) is 0 Å². The summed E-state index contributed by atoms with van der Waals surface area (Å²) in [4.78, 5) is 0. The van der Waals surface area contributed by atoms with E-state index in [0.29, 0.717) is 0 Å². The normalized spacial score (nSPS) is 10.3. The number of hydrogen-bond acceptors (Lipinski definition) is 1. The molecule has 0 aromatic heterocycles. The molecule has 0 aliphatic rings. The van der Waals surface area contributed by atoms with Crippen LogP contribution >= 0.6 is 39.5 Å². The average molecular weight is 438 g/mol. The van der Waals surface area contributed by atoms with Gasteiger partial charge in [0.2, 0.25) is 0 Å². The predicted molar refractivity (Wildman–Crippen MR) is 73.3 cm³/mol. The van der Waals surface area contributed by atoms with E-state index in [2.05, 4.69) is 39.5 Å². The van der Waals surface area contributed by atoms with Crippen molar-refractivity contribution in [2.24, 2.45) is 0 Å². The van der Waals surface area contributed by atoms with Crippen molar-refractivity contribution in [3.05, 3.63) is 35.9 Å². The van der Waals surface area contributed by atoms with Crippen molar-refractivity contribution in [1.29, 1.82) is 0 Å². The van der Waals surface area contributed by atoms with Gasteiger partial charge in [-0.25, -0.2) is 0 Å². The molecule has 0 saturated heterocycles. The van der Waals surface area contributed by atoms with Crippen LogP contribution in [0.25, 0.3) is 0 Å². The van der Waals surface area contributed by atoms with Gasteiger partial charge in [-0.1, -0.05) is 44.2 Å². The van der Waals surface area contributed by atoms with Crippen LogP contribution in [-0.4, -0.2) is 11.7 Å². The number of aliphatic hydroxyl groups excluding tert-OH is 1. The average Bonchev–Trinajstić information content (AvgIpc) is 2.18. The Morgan fingerprint density at radius 1 is 1.13 bits per heavy atom. The summed E-state index contributed by atoms with van der Waals surface area (Å²) >= 11 is 8.92. The van der Waals surface area contributed by atoms with E-state index >= 15 is 0 Å². The van der Waals surface area contributed by atoms with Crippen LogP contribution in [0, 0.1) is 0 Å². The van der Waals surface area contributed by atoms with Gasteiger partial charge < -0.3 is 5.11 Å². The summed E-state index contributed by atoms with van der Waals surface area (Å²) in [5.74, 6) is 0. The van der Waals surface area contributed by atoms with E-state index in [1.807, 2.05) is 44.2 Å². The third-order valence-electron chi connectivity index (χ3n) is 1.95. The first-order chi connectivity index (χ1) is 6.90. The number of benzene rings is 1. The van der Waals surface area contributed by atoms with Crippen molar-refractivity contribution in [2.75, 3.05) is 6.61 Å². The molecule has 0 aliphatic heterocycles. The van der Waals surface area contributed by atoms with Gasteiger partial charge in [0.25, 0.3) is 0 Å². The summed E-state index contributed by atoms with van der Waals surface area (Å²) in [7, 11) is 0. The standard InChI is InChI=1S/C10H14O.3BrH.Ti/c1-10(2,8-11)9-6-4-3-5-7-9;;;;/h3-7,11H,8H2,1-2H3;3*1H;/q;;;;+3/p-3. The van der Waals surface area contributed by atoms with Gasteiger partial charge in [-0.3, -0.25) is 0 Å². The molecule has 0 amide bonds. The molecule has 0 heterocycles. The van der Waals surface area contributed by atoms with Gasteiger partial charge in [0.1, 0.15) is 0 Å². The van der Waals surface area contributed by atoms with Gasteiger partial charge in [-0.05, 0) is 5.56 Å². The maximum atomic E-state index is 9.05. The van der Waals surface area contributed by atoms with Crippen molar-refractivity contribution in [3.8, 4) is 0 Å². The van der Waals surface area contributed by atoms with Gasteiger partial charge in [-0.15, -0.1) is 0 Å². The van der Waals surface area contributed by atoms with Crippen molar-refractivity contribution in [3.63, 3.8) is 0 Å². The first-order valence-corrected chi connectivity index (χ1v) is 16.0. The van der Waals surface area contributed by atoms with Crippen LogP contribution in [0.15, 0.2) is 30.3 Å². The minimum absolute atomic E-state index is 0.110. The van der Waals surface area contributed by atoms with Crippen molar-refractivity contribution >= 4 is 39.5 Å². The molecule has 0 aliphatic carbocycles. The Labute approximate surface area is 117 Å². The molecule has 1 rings (SSSR count). The van der Waals surface area contributed by atoms with Crippen LogP contribution in [-0.2, 0) is 17.0 Å². The van der Waals surface area contributed by atoms with E-state index in [9.17, 15) is 0 Å². The van der Waals surface area contributed by atoms with Crippen LogP contribution in [0.4, 0.5) is 0 Å². The summed E-state index contributed by atoms with van der Waals surface area (Å²) in [6, 6.07) is 10.0. The molecule has 0 spiro atoms. The molecule has 0 atom stereocenters. The summed E-state index contributed by atoms with van der Waals surface area (Å²) in [6.07, 6.45) is 0. The van der Waals surface area contributed by atoms with E-state index in [1.54, 1.807) is 0 Å². The van der Waals surface area contributed by atoms with Gasteiger partial charge >= 0.3 is 51.1 Å². The molecule has 0 saturated carbocycles. The quantitative estimate of drug-likeness (QED) is 0.676. The van der Waals surface area contributed by atoms with Gasteiger partial charge in [0.15, 0.2) is 0 Å². The van der Waals surface area contributed by atoms with Crippen LogP contribution in [0.5, 0.6) is 0 Å². The van der Waals surface area contributed by atoms with E-state index in [-0.39, 0.29) is 12.0 Å². The predicted octanol–water partition coefficient (Wildman–Crippen LogP) is 4.49. The second-order valence-electron chi connectivity index (χ2n) is 3.62. The first-order valence-electron chi connectivity index (χ1n) is 4.40. The Morgan fingerprint density at radius 3 is 1.87 bits per heavy atom. The zero-order valence-electron chi connectivity index (χ0n) is 8.67. The molecule has 0 unspecified atom stereocenters. The van der Waals surface area contributed by atoms with Gasteiger partial charge in [0, 0.05) is 5.41 Å². The molecule has 1 aromatic rings. The molecule has 1 N–H and O–H groups in total. The molecule has 0 fully saturated rings. The summed E-state index contributed by atoms with van der Waals surface area (Å²) in [6.45, 7) is 4.25. The Hall–Kier alpha value is 1.33. The Balaban J connectivity index is 0.000000423. The molecule has 15 heavy (non-hydrogen) atoms. The molecule has 5 heteroatoms. The first kappa shape index (κ1) is 16.3. The maximum absolute atomic E-state index is 9.05. The van der Waals surface area contributed by atoms with Gasteiger partial charge in [0.05, 0.1) is 6.61 Å². The summed E-state index contributed by atoms with van der Waals surface area (Å²) in [5.41, 5.74) is 1.07. The Morgan fingerprint density at radius 2 is 1.53 bits per heavy atom. The summed E-state index contributed by atoms with van der Waals surface area (Å²) < 4.78 is 0. The molecule has 0 radical (unpaired) electrons. The number of aliphatic hydroxyl groups is 1. The van der Waals surface area contributed by atoms with E-state index < -0.39 is 11.6 Å². The molecule has 1 nitrogen and oxygen atoms in total. The number of hydrogen-bond donors (Lipinski definition) is 1. The molecular formula is C10H14Br3OTi. The minimum atomic E-state index is -0.896. The molecule has 85 valence electrons. The monoisotopic (exact) mass is 435 g/mol. The SMILES string of the molecule is CC(C)(CO)c1ccccc1.[Br][Ti]([Br])[Br]. The van der Waals surface area contributed by atoms with E-state index in [1.165, 1.54) is 5.56 Å². The topological polar surface area (TPSA) is 20.2 Å². The molecule has 1 aromatic carbocycles. The van der Waals surface area contributed by atoms with Crippen molar-refractivity contribution < 1.29 is 16.7 Å². The zero-order valence-corrected chi connectivity index (χ0v) is 15.0. The molecule has 0 bridgehead atoms. The zero-order chi connectivity index (χ0) is 11.9. The van der Waals surface area contributed by atoms with Crippen LogP contribution < -0.4 is 0 Å². The summed E-state index contributed by atoms with van der Waals surface area (Å²) in [5, 5.41) is 9.05. The van der Waals surface area contributed by atoms with Crippen LogP contribution in [0.1, 0.15) is 19.4 Å². The third kappa shape index (κ3) is 8.11. The second-order valence-corrected chi connectivity index (χ2v) is 27.3. The Kier molecular flexibility index (Phi) is 9.18. The van der Waals surface area contributed by atoms with E-state index in [4.69, 9.17) is 5.11 Å². The van der Waals surface area contributed by atoms with E-state index in [0.717, 1.165) is 0 Å². The van der Waals surface area contributed by atoms with Crippen molar-refractivity contribution in [1.82, 2.24) is 0 Å². The van der Waals surface area contributed by atoms with Crippen LogP contribution in [0.3, 0.4) is 0 Å². The Bertz CT molecular complexity index is 262. The third-order valence-corrected chi connectivity index (χ3v) is 1.95. The second kappa shape index (κ2) is 8.43. The fourth-order valence-corrected chi connectivity index (χ4v) is 0.981. The van der Waals surface area contributed by atoms with Gasteiger partial charge in [-0.2, -0.15) is 0 Å².